The molecule has 4 aromatic rings. The lowest BCUT2D eigenvalue weighted by atomic mass is 9.70. The van der Waals surface area contributed by atoms with Crippen molar-refractivity contribution in [3.63, 3.8) is 0 Å². The molecule has 69 heavy (non-hydrogen) atoms. The second-order valence-electron chi connectivity index (χ2n) is 19.8. The van der Waals surface area contributed by atoms with E-state index in [1.165, 1.54) is 11.1 Å². The lowest BCUT2D eigenvalue weighted by Crippen LogP contribution is -2.53. The molecule has 8 rings (SSSR count). The SMILES string of the molecule is COc1ccc(CN(Cc2ccc(OC)cc2)S(=O)(=O)[C@H](C)[C@@H](C)C/C=C/C(C(=O)N(C)CC2CCOCC2)N2CCC[C@H]2CN2C[C@@]3(CCCc4cc(Cl)ccc43)COc3ccc(I)cc32)cc1. The Hall–Kier alpha value is -3.86. The van der Waals surface area contributed by atoms with Gasteiger partial charge in [-0.15, -0.1) is 0 Å². The van der Waals surface area contributed by atoms with E-state index in [-0.39, 0.29) is 36.4 Å². The number of likely N-dealkylation sites (tertiary alicyclic amines) is 1. The van der Waals surface area contributed by atoms with Crippen molar-refractivity contribution in [3.05, 3.63) is 128 Å². The Labute approximate surface area is 429 Å². The molecule has 3 aliphatic heterocycles. The van der Waals surface area contributed by atoms with Gasteiger partial charge in [-0.05, 0) is 176 Å². The van der Waals surface area contributed by atoms with E-state index in [9.17, 15) is 13.2 Å². The van der Waals surface area contributed by atoms with Crippen molar-refractivity contribution in [3.8, 4) is 17.2 Å². The molecule has 1 unspecified atom stereocenters. The second-order valence-corrected chi connectivity index (χ2v) is 23.8. The molecule has 11 nitrogen and oxygen atoms in total. The average Bonchev–Trinajstić information content (AvgIpc) is 3.76. The van der Waals surface area contributed by atoms with Crippen molar-refractivity contribution >= 4 is 55.8 Å². The Bertz CT molecular complexity index is 2460. The maximum Gasteiger partial charge on any atom is 0.243 e. The van der Waals surface area contributed by atoms with Crippen molar-refractivity contribution in [2.24, 2.45) is 11.8 Å². The van der Waals surface area contributed by atoms with Gasteiger partial charge in [-0.25, -0.2) is 8.42 Å². The van der Waals surface area contributed by atoms with Crippen molar-refractivity contribution in [2.75, 3.05) is 72.2 Å². The van der Waals surface area contributed by atoms with Crippen molar-refractivity contribution in [1.82, 2.24) is 14.1 Å². The smallest absolute Gasteiger partial charge is 0.243 e. The van der Waals surface area contributed by atoms with Crippen LogP contribution in [0.25, 0.3) is 0 Å². The Morgan fingerprint density at radius 3 is 2.28 bits per heavy atom. The number of likely N-dealkylation sites (N-methyl/N-ethyl adjacent to an activating group) is 1. The number of methoxy groups -OCH3 is 2. The zero-order valence-corrected chi connectivity index (χ0v) is 44.7. The molecular weight excluding hydrogens is 1020 g/mol. The van der Waals surface area contributed by atoms with Gasteiger partial charge in [0, 0.05) is 73.0 Å². The number of hydrogen-bond acceptors (Lipinski definition) is 9. The lowest BCUT2D eigenvalue weighted by molar-refractivity contribution is -0.135. The molecule has 1 amide bonds. The van der Waals surface area contributed by atoms with Crippen LogP contribution in [0.4, 0.5) is 5.69 Å². The molecule has 4 aromatic carbocycles. The summed E-state index contributed by atoms with van der Waals surface area (Å²) < 4.78 is 55.4. The summed E-state index contributed by atoms with van der Waals surface area (Å²) >= 11 is 8.96. The van der Waals surface area contributed by atoms with Gasteiger partial charge >= 0.3 is 0 Å². The van der Waals surface area contributed by atoms with Crippen molar-refractivity contribution in [2.45, 2.75) is 101 Å². The molecule has 0 bridgehead atoms. The van der Waals surface area contributed by atoms with Gasteiger partial charge in [0.15, 0.2) is 0 Å². The Kier molecular flexibility index (Phi) is 17.3. The van der Waals surface area contributed by atoms with Gasteiger partial charge in [-0.2, -0.15) is 4.31 Å². The van der Waals surface area contributed by atoms with Crippen LogP contribution in [0.5, 0.6) is 17.2 Å². The minimum atomic E-state index is -3.81. The number of carbonyl (C=O) groups is 1. The number of rotatable bonds is 18. The van der Waals surface area contributed by atoms with Crippen LogP contribution in [-0.4, -0.2) is 113 Å². The van der Waals surface area contributed by atoms with Crippen molar-refractivity contribution < 1.29 is 32.2 Å². The number of anilines is 1. The molecule has 3 heterocycles. The third-order valence-corrected chi connectivity index (χ3v) is 18.5. The number of sulfonamides is 1. The minimum Gasteiger partial charge on any atom is -0.497 e. The van der Waals surface area contributed by atoms with E-state index in [0.717, 1.165) is 109 Å². The van der Waals surface area contributed by atoms with E-state index in [0.29, 0.717) is 37.0 Å². The fraction of sp³-hybridized carbons (Fsp3) is 0.509. The van der Waals surface area contributed by atoms with E-state index < -0.39 is 21.3 Å². The first kappa shape index (κ1) is 51.5. The number of hydrogen-bond donors (Lipinski definition) is 0. The molecule has 2 saturated heterocycles. The van der Waals surface area contributed by atoms with Crippen LogP contribution in [-0.2, 0) is 44.5 Å². The first-order chi connectivity index (χ1) is 33.3. The number of ether oxygens (including phenoxy) is 4. The molecule has 0 radical (unpaired) electrons. The zero-order valence-electron chi connectivity index (χ0n) is 41.0. The predicted octanol–water partition coefficient (Wildman–Crippen LogP) is 10.2. The molecule has 372 valence electrons. The van der Waals surface area contributed by atoms with E-state index in [1.54, 1.807) is 18.5 Å². The highest BCUT2D eigenvalue weighted by atomic mass is 127. The third-order valence-electron chi connectivity index (χ3n) is 15.2. The number of halogens is 2. The quantitative estimate of drug-likeness (QED) is 0.0712. The highest BCUT2D eigenvalue weighted by Gasteiger charge is 2.44. The van der Waals surface area contributed by atoms with Gasteiger partial charge in [-0.3, -0.25) is 9.69 Å². The van der Waals surface area contributed by atoms with Crippen LogP contribution in [0.2, 0.25) is 5.02 Å². The van der Waals surface area contributed by atoms with Gasteiger partial charge < -0.3 is 28.7 Å². The lowest BCUT2D eigenvalue weighted by Gasteiger charge is -2.42. The van der Waals surface area contributed by atoms with Gasteiger partial charge in [0.05, 0.1) is 31.8 Å². The number of amides is 1. The molecule has 0 N–H and O–H groups in total. The van der Waals surface area contributed by atoms with Crippen LogP contribution in [0.1, 0.15) is 81.0 Å². The summed E-state index contributed by atoms with van der Waals surface area (Å²) in [5.41, 5.74) is 5.26. The molecule has 4 aliphatic rings. The number of nitrogens with zero attached hydrogens (tertiary/aromatic N) is 4. The molecule has 0 aromatic heterocycles. The fourth-order valence-corrected chi connectivity index (χ4v) is 13.5. The van der Waals surface area contributed by atoms with E-state index in [2.05, 4.69) is 74.9 Å². The zero-order chi connectivity index (χ0) is 48.7. The Morgan fingerprint density at radius 1 is 0.928 bits per heavy atom. The van der Waals surface area contributed by atoms with Crippen LogP contribution < -0.4 is 19.1 Å². The number of fused-ring (bicyclic) bond motifs is 3. The molecule has 2 fully saturated rings. The average molecular weight is 1090 g/mol. The topological polar surface area (TPSA) is 101 Å². The highest BCUT2D eigenvalue weighted by Crippen LogP contribution is 2.45. The summed E-state index contributed by atoms with van der Waals surface area (Å²) in [6.07, 6.45) is 11.6. The Morgan fingerprint density at radius 2 is 1.61 bits per heavy atom. The number of allylic oxidation sites excluding steroid dienone is 1. The number of aryl methyl sites for hydroxylation is 1. The molecule has 1 spiro atoms. The molecular formula is C55H70ClIN4O7S. The summed E-state index contributed by atoms with van der Waals surface area (Å²) in [5, 5.41) is 0.0639. The van der Waals surface area contributed by atoms with Crippen LogP contribution in [0.3, 0.4) is 0 Å². The maximum atomic E-state index is 15.0. The number of carbonyl (C=O) groups excluding carboxylic acids is 1. The summed E-state index contributed by atoms with van der Waals surface area (Å²) in [6.45, 7) is 9.30. The van der Waals surface area contributed by atoms with E-state index in [1.807, 2.05) is 80.4 Å². The summed E-state index contributed by atoms with van der Waals surface area (Å²) in [4.78, 5) is 21.9. The van der Waals surface area contributed by atoms with E-state index >= 15 is 0 Å². The van der Waals surface area contributed by atoms with Gasteiger partial charge in [0.1, 0.15) is 23.3 Å². The normalized spacial score (nSPS) is 21.3. The maximum absolute atomic E-state index is 15.0. The summed E-state index contributed by atoms with van der Waals surface area (Å²) in [7, 11) is 1.37. The first-order valence-electron chi connectivity index (χ1n) is 24.7. The van der Waals surface area contributed by atoms with Gasteiger partial charge in [0.2, 0.25) is 15.9 Å². The van der Waals surface area contributed by atoms with Crippen LogP contribution in [0.15, 0.2) is 97.1 Å². The third kappa shape index (κ3) is 12.3. The van der Waals surface area contributed by atoms with E-state index in [4.69, 9.17) is 30.5 Å². The standard InChI is InChI=1S/C55H70ClIN4O7S/c1-39(40(2)69(63,64)60(34-41-13-19-48(65-4)20-14-41)35-42-15-21-49(66-5)22-16-42)9-6-12-51(54(62)58(3)33-43-25-29-67-30-26-43)61-28-8-11-47(61)36-59-37-55(38-68-53-24-18-46(57)32-52(53)59)27-7-10-44-31-45(56)17-23-50(44)55/h6,12-24,31-32,39-40,43,47,51H,7-11,25-30,33-38H2,1-5H3/b12-6+/t39-,40+,47-,51?,55-/m0/s1. The minimum absolute atomic E-state index is 0.0758. The van der Waals surface area contributed by atoms with Gasteiger partial charge in [-0.1, -0.05) is 61.0 Å². The van der Waals surface area contributed by atoms with Crippen LogP contribution in [0, 0.1) is 15.4 Å². The number of benzene rings is 4. The molecule has 1 aliphatic carbocycles. The first-order valence-corrected chi connectivity index (χ1v) is 27.7. The summed E-state index contributed by atoms with van der Waals surface area (Å²) in [5.74, 6) is 2.54. The molecule has 14 heteroatoms. The monoisotopic (exact) mass is 1090 g/mol. The van der Waals surface area contributed by atoms with Gasteiger partial charge in [0.25, 0.3) is 0 Å². The predicted molar refractivity (Wildman–Crippen MR) is 284 cm³/mol. The van der Waals surface area contributed by atoms with Crippen LogP contribution >= 0.6 is 34.2 Å². The fourth-order valence-electron chi connectivity index (χ4n) is 11.0. The largest absolute Gasteiger partial charge is 0.497 e. The highest BCUT2D eigenvalue weighted by molar-refractivity contribution is 14.1. The Balaban J connectivity index is 1.05. The summed E-state index contributed by atoms with van der Waals surface area (Å²) in [6, 6.07) is 27.5. The van der Waals surface area contributed by atoms with Crippen molar-refractivity contribution in [1.29, 1.82) is 0 Å². The molecule has 0 saturated carbocycles. The second kappa shape index (κ2) is 23.1. The molecule has 5 atom stereocenters.